The molecule has 0 amide bonds. The van der Waals surface area contributed by atoms with Crippen molar-refractivity contribution >= 4 is 0 Å². The summed E-state index contributed by atoms with van der Waals surface area (Å²) >= 11 is 0. The number of methoxy groups -OCH3 is 1. The molecule has 1 unspecified atom stereocenters. The zero-order valence-electron chi connectivity index (χ0n) is 11.5. The summed E-state index contributed by atoms with van der Waals surface area (Å²) in [7, 11) is 1.71. The van der Waals surface area contributed by atoms with Crippen LogP contribution in [0.25, 0.3) is 0 Å². The van der Waals surface area contributed by atoms with Crippen molar-refractivity contribution in [1.82, 2.24) is 0 Å². The Balaban J connectivity index is 1.94. The fourth-order valence-electron chi connectivity index (χ4n) is 3.64. The van der Waals surface area contributed by atoms with Crippen LogP contribution in [0.1, 0.15) is 38.7 Å². The minimum Gasteiger partial charge on any atom is -0.497 e. The van der Waals surface area contributed by atoms with Gasteiger partial charge in [0.15, 0.2) is 0 Å². The topological polar surface area (TPSA) is 18.5 Å². The lowest BCUT2D eigenvalue weighted by molar-refractivity contribution is -0.0379. The van der Waals surface area contributed by atoms with Crippen molar-refractivity contribution in [2.45, 2.75) is 45.1 Å². The molecule has 1 aromatic carbocycles. The average molecular weight is 246 g/mol. The number of hydrogen-bond donors (Lipinski definition) is 0. The van der Waals surface area contributed by atoms with E-state index in [4.69, 9.17) is 9.47 Å². The molecule has 3 rings (SSSR count). The van der Waals surface area contributed by atoms with Crippen LogP contribution in [0.15, 0.2) is 18.2 Å². The lowest BCUT2D eigenvalue weighted by Gasteiger charge is -2.47. The summed E-state index contributed by atoms with van der Waals surface area (Å²) in [4.78, 5) is 0. The van der Waals surface area contributed by atoms with Crippen molar-refractivity contribution in [3.05, 3.63) is 23.8 Å². The van der Waals surface area contributed by atoms with Crippen LogP contribution in [-0.2, 0) is 6.42 Å². The van der Waals surface area contributed by atoms with Gasteiger partial charge >= 0.3 is 0 Å². The normalized spacial score (nSPS) is 34.2. The Kier molecular flexibility index (Phi) is 2.76. The Labute approximate surface area is 109 Å². The first-order valence-corrected chi connectivity index (χ1v) is 6.96. The highest BCUT2D eigenvalue weighted by Gasteiger charge is 2.44. The maximum Gasteiger partial charge on any atom is 0.127 e. The SMILES string of the molecule is COc1ccc2c(c1)O[C@@]1(C)C[C@@H](C)CCC1C2. The third-order valence-corrected chi connectivity index (χ3v) is 4.71. The summed E-state index contributed by atoms with van der Waals surface area (Å²) in [5, 5.41) is 0. The monoisotopic (exact) mass is 246 g/mol. The van der Waals surface area contributed by atoms with E-state index in [-0.39, 0.29) is 5.60 Å². The maximum absolute atomic E-state index is 6.36. The van der Waals surface area contributed by atoms with Gasteiger partial charge in [-0.3, -0.25) is 0 Å². The number of ether oxygens (including phenoxy) is 2. The molecule has 98 valence electrons. The Morgan fingerprint density at radius 3 is 2.94 bits per heavy atom. The van der Waals surface area contributed by atoms with Crippen LogP contribution in [0.5, 0.6) is 11.5 Å². The maximum atomic E-state index is 6.36. The van der Waals surface area contributed by atoms with E-state index in [1.807, 2.05) is 12.1 Å². The molecule has 1 aliphatic heterocycles. The van der Waals surface area contributed by atoms with Gasteiger partial charge in [-0.25, -0.2) is 0 Å². The minimum absolute atomic E-state index is 0.0248. The Morgan fingerprint density at radius 1 is 1.33 bits per heavy atom. The molecule has 18 heavy (non-hydrogen) atoms. The second kappa shape index (κ2) is 4.18. The van der Waals surface area contributed by atoms with Gasteiger partial charge in [-0.05, 0) is 43.7 Å². The van der Waals surface area contributed by atoms with E-state index in [1.165, 1.54) is 24.8 Å². The summed E-state index contributed by atoms with van der Waals surface area (Å²) in [6.07, 6.45) is 4.97. The summed E-state index contributed by atoms with van der Waals surface area (Å²) in [5.74, 6) is 3.37. The van der Waals surface area contributed by atoms with Gasteiger partial charge in [0.1, 0.15) is 17.1 Å². The molecule has 0 aromatic heterocycles. The summed E-state index contributed by atoms with van der Waals surface area (Å²) in [6, 6.07) is 6.23. The molecule has 1 aliphatic carbocycles. The average Bonchev–Trinajstić information content (AvgIpc) is 2.34. The van der Waals surface area contributed by atoms with Gasteiger partial charge in [-0.15, -0.1) is 0 Å². The quantitative estimate of drug-likeness (QED) is 0.750. The number of rotatable bonds is 1. The molecule has 0 radical (unpaired) electrons. The lowest BCUT2D eigenvalue weighted by Crippen LogP contribution is -2.48. The van der Waals surface area contributed by atoms with Crippen molar-refractivity contribution in [1.29, 1.82) is 0 Å². The van der Waals surface area contributed by atoms with Gasteiger partial charge in [0.2, 0.25) is 0 Å². The highest BCUT2D eigenvalue weighted by molar-refractivity contribution is 5.43. The fourth-order valence-corrected chi connectivity index (χ4v) is 3.64. The number of hydrogen-bond acceptors (Lipinski definition) is 2. The molecule has 3 atom stereocenters. The highest BCUT2D eigenvalue weighted by Crippen LogP contribution is 2.47. The molecule has 1 aromatic rings. The van der Waals surface area contributed by atoms with Crippen LogP contribution in [0.2, 0.25) is 0 Å². The molecule has 1 fully saturated rings. The van der Waals surface area contributed by atoms with E-state index >= 15 is 0 Å². The Morgan fingerprint density at radius 2 is 2.17 bits per heavy atom. The summed E-state index contributed by atoms with van der Waals surface area (Å²) in [5.41, 5.74) is 1.37. The molecule has 2 heteroatoms. The third-order valence-electron chi connectivity index (χ3n) is 4.71. The van der Waals surface area contributed by atoms with Gasteiger partial charge < -0.3 is 9.47 Å². The molecule has 1 heterocycles. The van der Waals surface area contributed by atoms with Crippen LogP contribution in [0, 0.1) is 11.8 Å². The summed E-state index contributed by atoms with van der Waals surface area (Å²) in [6.45, 7) is 4.63. The molecule has 2 nitrogen and oxygen atoms in total. The van der Waals surface area contributed by atoms with Crippen molar-refractivity contribution in [3.8, 4) is 11.5 Å². The van der Waals surface area contributed by atoms with E-state index in [0.29, 0.717) is 5.92 Å². The predicted octanol–water partition coefficient (Wildman–Crippen LogP) is 3.83. The summed E-state index contributed by atoms with van der Waals surface area (Å²) < 4.78 is 11.6. The smallest absolute Gasteiger partial charge is 0.127 e. The first kappa shape index (κ1) is 11.9. The largest absolute Gasteiger partial charge is 0.497 e. The zero-order valence-corrected chi connectivity index (χ0v) is 11.5. The van der Waals surface area contributed by atoms with Gasteiger partial charge in [0.25, 0.3) is 0 Å². The molecule has 0 bridgehead atoms. The molecule has 2 aliphatic rings. The third kappa shape index (κ3) is 1.88. The van der Waals surface area contributed by atoms with Crippen LogP contribution < -0.4 is 9.47 Å². The van der Waals surface area contributed by atoms with Gasteiger partial charge in [0.05, 0.1) is 7.11 Å². The predicted molar refractivity (Wildman–Crippen MR) is 72.2 cm³/mol. The van der Waals surface area contributed by atoms with Crippen molar-refractivity contribution in [3.63, 3.8) is 0 Å². The molecular weight excluding hydrogens is 224 g/mol. The van der Waals surface area contributed by atoms with Crippen molar-refractivity contribution in [2.75, 3.05) is 7.11 Å². The van der Waals surface area contributed by atoms with Crippen LogP contribution in [-0.4, -0.2) is 12.7 Å². The Hall–Kier alpha value is -1.18. The highest BCUT2D eigenvalue weighted by atomic mass is 16.5. The van der Waals surface area contributed by atoms with Gasteiger partial charge in [-0.2, -0.15) is 0 Å². The number of benzene rings is 1. The van der Waals surface area contributed by atoms with E-state index in [0.717, 1.165) is 23.8 Å². The molecule has 0 N–H and O–H groups in total. The Bertz CT molecular complexity index is 454. The minimum atomic E-state index is 0.0248. The molecular formula is C16H22O2. The van der Waals surface area contributed by atoms with Crippen molar-refractivity contribution in [2.24, 2.45) is 11.8 Å². The molecule has 0 spiro atoms. The van der Waals surface area contributed by atoms with E-state index in [1.54, 1.807) is 7.11 Å². The van der Waals surface area contributed by atoms with E-state index in [2.05, 4.69) is 19.9 Å². The van der Waals surface area contributed by atoms with Gasteiger partial charge in [-0.1, -0.05) is 19.4 Å². The second-order valence-corrected chi connectivity index (χ2v) is 6.18. The van der Waals surface area contributed by atoms with Gasteiger partial charge in [0, 0.05) is 12.0 Å². The second-order valence-electron chi connectivity index (χ2n) is 6.18. The van der Waals surface area contributed by atoms with Crippen LogP contribution in [0.4, 0.5) is 0 Å². The van der Waals surface area contributed by atoms with Crippen LogP contribution in [0.3, 0.4) is 0 Å². The van der Waals surface area contributed by atoms with E-state index < -0.39 is 0 Å². The lowest BCUT2D eigenvalue weighted by atomic mass is 9.68. The molecule has 1 saturated carbocycles. The fraction of sp³-hybridized carbons (Fsp3) is 0.625. The molecule has 0 saturated heterocycles. The zero-order chi connectivity index (χ0) is 12.8. The van der Waals surface area contributed by atoms with Crippen molar-refractivity contribution < 1.29 is 9.47 Å². The van der Waals surface area contributed by atoms with E-state index in [9.17, 15) is 0 Å². The first-order chi connectivity index (χ1) is 8.60. The van der Waals surface area contributed by atoms with Crippen LogP contribution >= 0.6 is 0 Å². The number of fused-ring (bicyclic) bond motifs is 2. The first-order valence-electron chi connectivity index (χ1n) is 6.96. The standard InChI is InChI=1S/C16H22O2/c1-11-4-6-13-8-12-5-7-14(17-3)9-15(12)18-16(13,2)10-11/h5,7,9,11,13H,4,6,8,10H2,1-3H3/t11-,13?,16-/m0/s1.